The molecule has 1 aromatic carbocycles. The molecule has 0 radical (unpaired) electrons. The van der Waals surface area contributed by atoms with Crippen LogP contribution < -0.4 is 21.9 Å². The first kappa shape index (κ1) is 17.5. The van der Waals surface area contributed by atoms with Crippen molar-refractivity contribution in [2.24, 2.45) is 0 Å². The molecular formula is C16H20N4O4. The fourth-order valence-electron chi connectivity index (χ4n) is 2.33. The molecule has 2 aromatic rings. The molecule has 1 aromatic heterocycles. The molecule has 0 aliphatic carbocycles. The smallest absolute Gasteiger partial charge is 0.328 e. The number of nitrogens with zero attached hydrogens (tertiary/aromatic N) is 1. The molecule has 0 aliphatic heterocycles. The second kappa shape index (κ2) is 8.09. The molecule has 0 saturated heterocycles. The van der Waals surface area contributed by atoms with Crippen LogP contribution in [0.3, 0.4) is 0 Å². The van der Waals surface area contributed by atoms with Crippen LogP contribution in [0.15, 0.2) is 33.9 Å². The van der Waals surface area contributed by atoms with Crippen molar-refractivity contribution in [2.75, 3.05) is 13.1 Å². The fraction of sp³-hybridized carbons (Fsp3) is 0.375. The standard InChI is InChI=1S/C16H20N4O4/c1-11(21)17-8-9-18-14(22)7-4-10-20-15(23)12-5-2-3-6-13(12)19-16(20)24/h2-3,5-6H,4,7-10H2,1H3,(H,17,21)(H,18,22)(H,19,24). The lowest BCUT2D eigenvalue weighted by Gasteiger charge is -2.07. The lowest BCUT2D eigenvalue weighted by molar-refractivity contribution is -0.122. The van der Waals surface area contributed by atoms with Gasteiger partial charge in [-0.2, -0.15) is 0 Å². The fourth-order valence-corrected chi connectivity index (χ4v) is 2.33. The summed E-state index contributed by atoms with van der Waals surface area (Å²) in [7, 11) is 0. The van der Waals surface area contributed by atoms with Gasteiger partial charge < -0.3 is 15.6 Å². The van der Waals surface area contributed by atoms with Gasteiger partial charge in [0.15, 0.2) is 0 Å². The Morgan fingerprint density at radius 3 is 2.58 bits per heavy atom. The summed E-state index contributed by atoms with van der Waals surface area (Å²) in [5.74, 6) is -0.343. The number of aromatic amines is 1. The third-order valence-electron chi connectivity index (χ3n) is 3.50. The Labute approximate surface area is 137 Å². The highest BCUT2D eigenvalue weighted by Crippen LogP contribution is 2.03. The molecule has 3 N–H and O–H groups in total. The molecule has 0 atom stereocenters. The predicted octanol–water partition coefficient (Wildman–Crippen LogP) is -0.278. The summed E-state index contributed by atoms with van der Waals surface area (Å²) >= 11 is 0. The summed E-state index contributed by atoms with van der Waals surface area (Å²) in [6, 6.07) is 6.80. The van der Waals surface area contributed by atoms with Crippen LogP contribution in [0.2, 0.25) is 0 Å². The van der Waals surface area contributed by atoms with Gasteiger partial charge in [-0.15, -0.1) is 0 Å². The number of aromatic nitrogens is 2. The lowest BCUT2D eigenvalue weighted by atomic mass is 10.2. The Morgan fingerprint density at radius 2 is 1.83 bits per heavy atom. The SMILES string of the molecule is CC(=O)NCCNC(=O)CCCn1c(=O)[nH]c2ccccc2c1=O. The zero-order chi connectivity index (χ0) is 17.5. The van der Waals surface area contributed by atoms with Crippen molar-refractivity contribution >= 4 is 22.7 Å². The van der Waals surface area contributed by atoms with Crippen LogP contribution in [-0.2, 0) is 16.1 Å². The summed E-state index contributed by atoms with van der Waals surface area (Å²) in [6.45, 7) is 2.28. The predicted molar refractivity (Wildman–Crippen MR) is 89.8 cm³/mol. The van der Waals surface area contributed by atoms with E-state index in [4.69, 9.17) is 0 Å². The number of nitrogens with one attached hydrogen (secondary N) is 3. The summed E-state index contributed by atoms with van der Waals surface area (Å²) < 4.78 is 1.10. The number of carbonyl (C=O) groups is 2. The third kappa shape index (κ3) is 4.55. The van der Waals surface area contributed by atoms with Gasteiger partial charge in [0.2, 0.25) is 11.8 Å². The molecule has 0 bridgehead atoms. The van der Waals surface area contributed by atoms with Crippen LogP contribution >= 0.6 is 0 Å². The van der Waals surface area contributed by atoms with Crippen LogP contribution in [0.5, 0.6) is 0 Å². The molecule has 0 unspecified atom stereocenters. The number of benzene rings is 1. The van der Waals surface area contributed by atoms with Gasteiger partial charge in [-0.1, -0.05) is 12.1 Å². The lowest BCUT2D eigenvalue weighted by Crippen LogP contribution is -2.36. The van der Waals surface area contributed by atoms with Gasteiger partial charge in [0.05, 0.1) is 10.9 Å². The molecule has 0 fully saturated rings. The summed E-state index contributed by atoms with van der Waals surface area (Å²) in [5.41, 5.74) is -0.343. The molecule has 0 aliphatic rings. The zero-order valence-electron chi connectivity index (χ0n) is 13.4. The maximum atomic E-state index is 12.3. The van der Waals surface area contributed by atoms with E-state index in [0.717, 1.165) is 4.57 Å². The second-order valence-corrected chi connectivity index (χ2v) is 5.37. The summed E-state index contributed by atoms with van der Waals surface area (Å²) in [5, 5.41) is 5.67. The molecule has 0 saturated carbocycles. The van der Waals surface area contributed by atoms with Crippen LogP contribution in [-0.4, -0.2) is 34.5 Å². The zero-order valence-corrected chi connectivity index (χ0v) is 13.4. The first-order valence-electron chi connectivity index (χ1n) is 7.72. The molecule has 128 valence electrons. The van der Waals surface area contributed by atoms with Gasteiger partial charge in [0, 0.05) is 33.0 Å². The maximum absolute atomic E-state index is 12.3. The molecule has 8 nitrogen and oxygen atoms in total. The number of H-pyrrole nitrogens is 1. The molecule has 0 spiro atoms. The van der Waals surface area contributed by atoms with E-state index >= 15 is 0 Å². The Hall–Kier alpha value is -2.90. The molecular weight excluding hydrogens is 312 g/mol. The number of hydrogen-bond donors (Lipinski definition) is 3. The summed E-state index contributed by atoms with van der Waals surface area (Å²) in [6.07, 6.45) is 0.562. The topological polar surface area (TPSA) is 113 Å². The van der Waals surface area contributed by atoms with Gasteiger partial charge in [-0.25, -0.2) is 4.79 Å². The van der Waals surface area contributed by atoms with E-state index in [2.05, 4.69) is 15.6 Å². The van der Waals surface area contributed by atoms with Gasteiger partial charge in [0.25, 0.3) is 5.56 Å². The van der Waals surface area contributed by atoms with Crippen molar-refractivity contribution in [1.29, 1.82) is 0 Å². The van der Waals surface area contributed by atoms with E-state index in [1.165, 1.54) is 6.92 Å². The normalized spacial score (nSPS) is 10.5. The van der Waals surface area contributed by atoms with Crippen molar-refractivity contribution in [2.45, 2.75) is 26.3 Å². The van der Waals surface area contributed by atoms with Crippen LogP contribution in [0.4, 0.5) is 0 Å². The molecule has 1 heterocycles. The van der Waals surface area contributed by atoms with Crippen molar-refractivity contribution in [3.63, 3.8) is 0 Å². The summed E-state index contributed by atoms with van der Waals surface area (Å²) in [4.78, 5) is 49.3. The maximum Gasteiger partial charge on any atom is 0.328 e. The average Bonchev–Trinajstić information content (AvgIpc) is 2.54. The quantitative estimate of drug-likeness (QED) is 0.605. The first-order valence-corrected chi connectivity index (χ1v) is 7.72. The second-order valence-electron chi connectivity index (χ2n) is 5.37. The van der Waals surface area contributed by atoms with Crippen LogP contribution in [0.25, 0.3) is 10.9 Å². The number of amides is 2. The van der Waals surface area contributed by atoms with E-state index in [-0.39, 0.29) is 30.3 Å². The Kier molecular flexibility index (Phi) is 5.89. The van der Waals surface area contributed by atoms with Crippen molar-refractivity contribution < 1.29 is 9.59 Å². The van der Waals surface area contributed by atoms with E-state index < -0.39 is 5.69 Å². The van der Waals surface area contributed by atoms with E-state index in [9.17, 15) is 19.2 Å². The van der Waals surface area contributed by atoms with Crippen LogP contribution in [0.1, 0.15) is 19.8 Å². The highest BCUT2D eigenvalue weighted by molar-refractivity contribution is 5.77. The average molecular weight is 332 g/mol. The monoisotopic (exact) mass is 332 g/mol. The number of para-hydroxylation sites is 1. The van der Waals surface area contributed by atoms with Gasteiger partial charge >= 0.3 is 5.69 Å². The minimum Gasteiger partial charge on any atom is -0.355 e. The minimum absolute atomic E-state index is 0.154. The molecule has 24 heavy (non-hydrogen) atoms. The van der Waals surface area contributed by atoms with E-state index in [1.54, 1.807) is 24.3 Å². The Balaban J connectivity index is 1.90. The van der Waals surface area contributed by atoms with Gasteiger partial charge in [-0.3, -0.25) is 19.0 Å². The highest BCUT2D eigenvalue weighted by Gasteiger charge is 2.08. The van der Waals surface area contributed by atoms with E-state index in [0.29, 0.717) is 30.4 Å². The van der Waals surface area contributed by atoms with E-state index in [1.807, 2.05) is 0 Å². The largest absolute Gasteiger partial charge is 0.355 e. The third-order valence-corrected chi connectivity index (χ3v) is 3.50. The Bertz CT molecular complexity index is 853. The minimum atomic E-state index is -0.482. The number of rotatable bonds is 7. The molecule has 2 amide bonds. The first-order chi connectivity index (χ1) is 11.5. The number of hydrogen-bond acceptors (Lipinski definition) is 4. The molecule has 2 rings (SSSR count). The number of fused-ring (bicyclic) bond motifs is 1. The van der Waals surface area contributed by atoms with Gasteiger partial charge in [0.1, 0.15) is 0 Å². The molecule has 8 heteroatoms. The van der Waals surface area contributed by atoms with Crippen molar-refractivity contribution in [3.8, 4) is 0 Å². The highest BCUT2D eigenvalue weighted by atomic mass is 16.2. The van der Waals surface area contributed by atoms with Crippen molar-refractivity contribution in [1.82, 2.24) is 20.2 Å². The Morgan fingerprint density at radius 1 is 1.12 bits per heavy atom. The van der Waals surface area contributed by atoms with Crippen molar-refractivity contribution in [3.05, 3.63) is 45.1 Å². The van der Waals surface area contributed by atoms with Gasteiger partial charge in [-0.05, 0) is 18.6 Å². The number of carbonyl (C=O) groups excluding carboxylic acids is 2. The van der Waals surface area contributed by atoms with Crippen LogP contribution in [0, 0.1) is 0 Å².